The van der Waals surface area contributed by atoms with Crippen molar-refractivity contribution in [3.63, 3.8) is 0 Å². The number of aliphatic hydroxyl groups excluding tert-OH is 1. The minimum absolute atomic E-state index is 0.0583. The molecular formula is C17H25NO2. The number of carbonyl (C=O) groups excluding carboxylic acids is 1. The van der Waals surface area contributed by atoms with Crippen LogP contribution in [0.1, 0.15) is 39.2 Å². The third kappa shape index (κ3) is 2.35. The summed E-state index contributed by atoms with van der Waals surface area (Å²) in [5.74, 6) is 0.231. The molecule has 0 heterocycles. The van der Waals surface area contributed by atoms with E-state index in [0.29, 0.717) is 6.42 Å². The minimum atomic E-state index is -0.497. The van der Waals surface area contributed by atoms with Gasteiger partial charge in [-0.25, -0.2) is 0 Å². The Balaban J connectivity index is 2.35. The largest absolute Gasteiger partial charge is 0.393 e. The van der Waals surface area contributed by atoms with Crippen molar-refractivity contribution in [3.05, 3.63) is 35.9 Å². The van der Waals surface area contributed by atoms with Gasteiger partial charge in [0.1, 0.15) is 0 Å². The summed E-state index contributed by atoms with van der Waals surface area (Å²) in [6.07, 6.45) is 1.07. The highest BCUT2D eigenvalue weighted by Crippen LogP contribution is 2.57. The van der Waals surface area contributed by atoms with Gasteiger partial charge in [0.2, 0.25) is 5.91 Å². The van der Waals surface area contributed by atoms with E-state index in [1.165, 1.54) is 0 Å². The van der Waals surface area contributed by atoms with Crippen molar-refractivity contribution in [3.8, 4) is 0 Å². The van der Waals surface area contributed by atoms with Gasteiger partial charge in [-0.3, -0.25) is 4.79 Å². The summed E-state index contributed by atoms with van der Waals surface area (Å²) in [6.45, 7) is 7.43. The Morgan fingerprint density at radius 1 is 1.30 bits per heavy atom. The lowest BCUT2D eigenvalue weighted by atomic mass is 9.89. The number of nitrogens with zero attached hydrogens (tertiary/aromatic N) is 1. The van der Waals surface area contributed by atoms with Crippen LogP contribution in [0.25, 0.3) is 0 Å². The van der Waals surface area contributed by atoms with E-state index in [0.717, 1.165) is 25.1 Å². The molecule has 0 aromatic heterocycles. The SMILES string of the molecule is CC[C@H](O)[C@@H]1C[C@]1(C(=O)N(CC)CC)c1ccccc1. The first kappa shape index (κ1) is 15.0. The fourth-order valence-corrected chi connectivity index (χ4v) is 3.27. The smallest absolute Gasteiger partial charge is 0.233 e. The zero-order valence-electron chi connectivity index (χ0n) is 12.7. The summed E-state index contributed by atoms with van der Waals surface area (Å²) in [5.41, 5.74) is 0.553. The van der Waals surface area contributed by atoms with Crippen LogP contribution in [0.5, 0.6) is 0 Å². The van der Waals surface area contributed by atoms with Gasteiger partial charge in [-0.15, -0.1) is 0 Å². The molecule has 0 spiro atoms. The van der Waals surface area contributed by atoms with Crippen LogP contribution in [-0.2, 0) is 10.2 Å². The molecule has 0 saturated heterocycles. The topological polar surface area (TPSA) is 40.5 Å². The Hall–Kier alpha value is -1.35. The molecule has 1 aromatic rings. The number of hydrogen-bond donors (Lipinski definition) is 1. The lowest BCUT2D eigenvalue weighted by molar-refractivity contribution is -0.134. The van der Waals surface area contributed by atoms with Crippen molar-refractivity contribution in [2.45, 2.75) is 45.1 Å². The van der Waals surface area contributed by atoms with Crippen LogP contribution in [0.2, 0.25) is 0 Å². The first-order chi connectivity index (χ1) is 9.61. The zero-order chi connectivity index (χ0) is 14.8. The second-order valence-corrected chi connectivity index (χ2v) is 5.60. The molecule has 3 atom stereocenters. The molecule has 0 bridgehead atoms. The molecule has 110 valence electrons. The van der Waals surface area contributed by atoms with Crippen molar-refractivity contribution < 1.29 is 9.90 Å². The molecule has 1 aliphatic rings. The van der Waals surface area contributed by atoms with Gasteiger partial charge in [0.05, 0.1) is 11.5 Å². The summed E-state index contributed by atoms with van der Waals surface area (Å²) in [6, 6.07) is 9.95. The molecule has 3 heteroatoms. The first-order valence-electron chi connectivity index (χ1n) is 7.64. The number of aliphatic hydroxyl groups is 1. The molecule has 20 heavy (non-hydrogen) atoms. The van der Waals surface area contributed by atoms with E-state index in [4.69, 9.17) is 0 Å². The quantitative estimate of drug-likeness (QED) is 0.867. The van der Waals surface area contributed by atoms with E-state index in [2.05, 4.69) is 0 Å². The standard InChI is InChI=1S/C17H25NO2/c1-4-15(19)14-12-17(14,13-10-8-7-9-11-13)16(20)18(5-2)6-3/h7-11,14-15,19H,4-6,12H2,1-3H3/t14-,15-,17-/m0/s1. The molecule has 0 radical (unpaired) electrons. The summed E-state index contributed by atoms with van der Waals surface area (Å²) in [4.78, 5) is 14.8. The summed E-state index contributed by atoms with van der Waals surface area (Å²) in [5, 5.41) is 10.2. The van der Waals surface area contributed by atoms with Crippen LogP contribution in [0.4, 0.5) is 0 Å². The molecule has 1 amide bonds. The Labute approximate surface area is 121 Å². The summed E-state index contributed by atoms with van der Waals surface area (Å²) >= 11 is 0. The third-order valence-electron chi connectivity index (χ3n) is 4.62. The third-order valence-corrected chi connectivity index (χ3v) is 4.62. The van der Waals surface area contributed by atoms with E-state index in [-0.39, 0.29) is 11.8 Å². The maximum Gasteiger partial charge on any atom is 0.233 e. The molecule has 0 aliphatic heterocycles. The monoisotopic (exact) mass is 275 g/mol. The van der Waals surface area contributed by atoms with Crippen molar-refractivity contribution >= 4 is 5.91 Å². The molecule has 0 unspecified atom stereocenters. The second-order valence-electron chi connectivity index (χ2n) is 5.60. The maximum atomic E-state index is 12.9. The van der Waals surface area contributed by atoms with Crippen LogP contribution in [0.15, 0.2) is 30.3 Å². The number of benzene rings is 1. The van der Waals surface area contributed by atoms with E-state index < -0.39 is 11.5 Å². The lowest BCUT2D eigenvalue weighted by Gasteiger charge is -2.27. The van der Waals surface area contributed by atoms with Gasteiger partial charge < -0.3 is 10.0 Å². The fourth-order valence-electron chi connectivity index (χ4n) is 3.27. The van der Waals surface area contributed by atoms with Crippen molar-refractivity contribution in [1.29, 1.82) is 0 Å². The van der Waals surface area contributed by atoms with Gasteiger partial charge in [0.15, 0.2) is 0 Å². The Morgan fingerprint density at radius 3 is 2.40 bits per heavy atom. The highest BCUT2D eigenvalue weighted by molar-refractivity contribution is 5.92. The molecular weight excluding hydrogens is 250 g/mol. The number of rotatable bonds is 6. The van der Waals surface area contributed by atoms with Crippen LogP contribution in [-0.4, -0.2) is 35.1 Å². The molecule has 1 N–H and O–H groups in total. The van der Waals surface area contributed by atoms with Gasteiger partial charge >= 0.3 is 0 Å². The zero-order valence-corrected chi connectivity index (χ0v) is 12.7. The van der Waals surface area contributed by atoms with Crippen LogP contribution in [0, 0.1) is 5.92 Å². The van der Waals surface area contributed by atoms with Crippen LogP contribution in [0.3, 0.4) is 0 Å². The number of likely N-dealkylation sites (N-methyl/N-ethyl adjacent to an activating group) is 1. The Morgan fingerprint density at radius 2 is 1.90 bits per heavy atom. The Bertz CT molecular complexity index is 455. The van der Waals surface area contributed by atoms with E-state index >= 15 is 0 Å². The predicted octanol–water partition coefficient (Wildman–Crippen LogP) is 2.58. The number of carbonyl (C=O) groups is 1. The number of hydrogen-bond acceptors (Lipinski definition) is 2. The normalized spacial score (nSPS) is 26.1. The Kier molecular flexibility index (Phi) is 4.48. The highest BCUT2D eigenvalue weighted by atomic mass is 16.3. The second kappa shape index (κ2) is 5.96. The molecule has 3 nitrogen and oxygen atoms in total. The molecule has 1 aromatic carbocycles. The van der Waals surface area contributed by atoms with E-state index in [1.54, 1.807) is 0 Å². The molecule has 1 aliphatic carbocycles. The van der Waals surface area contributed by atoms with Gasteiger partial charge in [0, 0.05) is 19.0 Å². The fraction of sp³-hybridized carbons (Fsp3) is 0.588. The van der Waals surface area contributed by atoms with Crippen molar-refractivity contribution in [2.75, 3.05) is 13.1 Å². The average molecular weight is 275 g/mol. The predicted molar refractivity (Wildman–Crippen MR) is 80.5 cm³/mol. The number of amides is 1. The summed E-state index contributed by atoms with van der Waals surface area (Å²) in [7, 11) is 0. The van der Waals surface area contributed by atoms with Crippen molar-refractivity contribution in [2.24, 2.45) is 5.92 Å². The molecule has 2 rings (SSSR count). The van der Waals surface area contributed by atoms with Crippen molar-refractivity contribution in [1.82, 2.24) is 4.90 Å². The van der Waals surface area contributed by atoms with E-state index in [9.17, 15) is 9.90 Å². The van der Waals surface area contributed by atoms with Gasteiger partial charge in [0.25, 0.3) is 0 Å². The van der Waals surface area contributed by atoms with Gasteiger partial charge in [-0.2, -0.15) is 0 Å². The summed E-state index contributed by atoms with van der Waals surface area (Å²) < 4.78 is 0. The van der Waals surface area contributed by atoms with Gasteiger partial charge in [-0.05, 0) is 32.3 Å². The highest BCUT2D eigenvalue weighted by Gasteiger charge is 2.63. The molecule has 1 fully saturated rings. The van der Waals surface area contributed by atoms with E-state index in [1.807, 2.05) is 56.0 Å². The maximum absolute atomic E-state index is 12.9. The molecule has 1 saturated carbocycles. The van der Waals surface area contributed by atoms with Crippen LogP contribution < -0.4 is 0 Å². The average Bonchev–Trinajstić information content (AvgIpc) is 3.25. The minimum Gasteiger partial charge on any atom is -0.393 e. The first-order valence-corrected chi connectivity index (χ1v) is 7.64. The lowest BCUT2D eigenvalue weighted by Crippen LogP contribution is -2.41. The van der Waals surface area contributed by atoms with Crippen LogP contribution >= 0.6 is 0 Å². The van der Waals surface area contributed by atoms with Gasteiger partial charge in [-0.1, -0.05) is 37.3 Å².